The molecule has 6 nitrogen and oxygen atoms in total. The smallest absolute Gasteiger partial charge is 0.277 e. The van der Waals surface area contributed by atoms with E-state index in [1.165, 1.54) is 6.07 Å². The van der Waals surface area contributed by atoms with Gasteiger partial charge in [0.25, 0.3) is 15.7 Å². The highest BCUT2D eigenvalue weighted by molar-refractivity contribution is 7.92. The minimum atomic E-state index is -3.83. The number of nitrogens with zero attached hydrogens (tertiary/aromatic N) is 1. The number of nitrogens with one attached hydrogen (secondary N) is 1. The van der Waals surface area contributed by atoms with E-state index in [-0.39, 0.29) is 10.6 Å². The molecule has 0 saturated heterocycles. The molecule has 0 spiro atoms. The predicted octanol–water partition coefficient (Wildman–Crippen LogP) is 4.67. The van der Waals surface area contributed by atoms with Crippen LogP contribution in [0.2, 0.25) is 0 Å². The zero-order chi connectivity index (χ0) is 19.6. The summed E-state index contributed by atoms with van der Waals surface area (Å²) in [6, 6.07) is 14.9. The first-order valence-electron chi connectivity index (χ1n) is 8.68. The molecule has 0 aliphatic carbocycles. The molecule has 0 saturated carbocycles. The van der Waals surface area contributed by atoms with Crippen LogP contribution in [0.25, 0.3) is 10.8 Å². The van der Waals surface area contributed by atoms with Gasteiger partial charge in [0.15, 0.2) is 0 Å². The number of fused-ring (bicyclic) bond motifs is 1. The van der Waals surface area contributed by atoms with Crippen LogP contribution in [0.4, 0.5) is 11.4 Å². The summed E-state index contributed by atoms with van der Waals surface area (Å²) < 4.78 is 28.8. The van der Waals surface area contributed by atoms with Crippen molar-refractivity contribution in [3.63, 3.8) is 0 Å². The third-order valence-electron chi connectivity index (χ3n) is 4.55. The zero-order valence-electron chi connectivity index (χ0n) is 15.1. The third-order valence-corrected chi connectivity index (χ3v) is 6.00. The Morgan fingerprint density at radius 2 is 1.67 bits per heavy atom. The molecule has 0 unspecified atom stereocenters. The van der Waals surface area contributed by atoms with Gasteiger partial charge < -0.3 is 0 Å². The molecule has 0 aliphatic heterocycles. The lowest BCUT2D eigenvalue weighted by Crippen LogP contribution is -2.15. The Balaban J connectivity index is 2.13. The fourth-order valence-electron chi connectivity index (χ4n) is 3.10. The molecule has 3 aromatic rings. The van der Waals surface area contributed by atoms with Gasteiger partial charge in [0.05, 0.1) is 20.9 Å². The molecule has 1 N–H and O–H groups in total. The van der Waals surface area contributed by atoms with Crippen molar-refractivity contribution in [3.8, 4) is 0 Å². The second-order valence-corrected chi connectivity index (χ2v) is 7.84. The first-order valence-corrected chi connectivity index (χ1v) is 10.2. The third kappa shape index (κ3) is 3.64. The molecule has 3 aromatic carbocycles. The van der Waals surface area contributed by atoms with E-state index in [1.54, 1.807) is 36.4 Å². The fourth-order valence-corrected chi connectivity index (χ4v) is 4.54. The molecule has 0 fully saturated rings. The highest BCUT2D eigenvalue weighted by atomic mass is 32.2. The SMILES string of the molecule is CCc1ccc(CC)c(S(=O)(=O)Nc2cccc3c([N+](=O)[O-])cccc23)c1. The minimum Gasteiger partial charge on any atom is -0.279 e. The maximum atomic E-state index is 13.1. The van der Waals surface area contributed by atoms with Crippen molar-refractivity contribution in [2.45, 2.75) is 31.6 Å². The second kappa shape index (κ2) is 7.36. The summed E-state index contributed by atoms with van der Waals surface area (Å²) in [6.45, 7) is 3.87. The van der Waals surface area contributed by atoms with Crippen LogP contribution in [0.3, 0.4) is 0 Å². The number of hydrogen-bond acceptors (Lipinski definition) is 4. The largest absolute Gasteiger partial charge is 0.279 e. The molecule has 0 aliphatic rings. The van der Waals surface area contributed by atoms with Crippen LogP contribution in [0.1, 0.15) is 25.0 Å². The Morgan fingerprint density at radius 1 is 0.963 bits per heavy atom. The summed E-state index contributed by atoms with van der Waals surface area (Å²) in [7, 11) is -3.83. The van der Waals surface area contributed by atoms with Gasteiger partial charge in [0.1, 0.15) is 0 Å². The Bertz CT molecular complexity index is 1120. The van der Waals surface area contributed by atoms with E-state index in [0.29, 0.717) is 22.9 Å². The van der Waals surface area contributed by atoms with E-state index in [1.807, 2.05) is 26.0 Å². The highest BCUT2D eigenvalue weighted by Crippen LogP contribution is 2.32. The standard InChI is InChI=1S/C20H20N2O4S/c1-3-14-11-12-15(4-2)20(13-14)27(25,26)21-18-9-5-8-17-16(18)7-6-10-19(17)22(23)24/h5-13,21H,3-4H2,1-2H3. The summed E-state index contributed by atoms with van der Waals surface area (Å²) in [4.78, 5) is 11.0. The molecular formula is C20H20N2O4S. The molecular weight excluding hydrogens is 364 g/mol. The van der Waals surface area contributed by atoms with Crippen LogP contribution in [-0.2, 0) is 22.9 Å². The number of non-ortho nitro benzene ring substituents is 1. The molecule has 0 bridgehead atoms. The summed E-state index contributed by atoms with van der Waals surface area (Å²) in [5, 5.41) is 12.1. The summed E-state index contributed by atoms with van der Waals surface area (Å²) in [5.41, 5.74) is 1.92. The average molecular weight is 384 g/mol. The first kappa shape index (κ1) is 18.8. The lowest BCUT2D eigenvalue weighted by molar-refractivity contribution is -0.383. The monoisotopic (exact) mass is 384 g/mol. The van der Waals surface area contributed by atoms with Crippen molar-refractivity contribution < 1.29 is 13.3 Å². The number of rotatable bonds is 6. The van der Waals surface area contributed by atoms with Crippen molar-refractivity contribution in [2.24, 2.45) is 0 Å². The van der Waals surface area contributed by atoms with Crippen LogP contribution in [-0.4, -0.2) is 13.3 Å². The van der Waals surface area contributed by atoms with Crippen LogP contribution in [0.5, 0.6) is 0 Å². The first-order chi connectivity index (χ1) is 12.9. The highest BCUT2D eigenvalue weighted by Gasteiger charge is 2.21. The maximum absolute atomic E-state index is 13.1. The molecule has 140 valence electrons. The lowest BCUT2D eigenvalue weighted by Gasteiger charge is -2.14. The summed E-state index contributed by atoms with van der Waals surface area (Å²) in [6.07, 6.45) is 1.31. The number of aryl methyl sites for hydroxylation is 2. The molecule has 0 aromatic heterocycles. The zero-order valence-corrected chi connectivity index (χ0v) is 15.9. The molecule has 0 amide bonds. The van der Waals surface area contributed by atoms with E-state index in [2.05, 4.69) is 4.72 Å². The molecule has 27 heavy (non-hydrogen) atoms. The van der Waals surface area contributed by atoms with Crippen molar-refractivity contribution in [1.29, 1.82) is 0 Å². The molecule has 0 heterocycles. The van der Waals surface area contributed by atoms with Gasteiger partial charge in [-0.05, 0) is 42.2 Å². The lowest BCUT2D eigenvalue weighted by atomic mass is 10.1. The molecule has 7 heteroatoms. The second-order valence-electron chi connectivity index (χ2n) is 6.19. The minimum absolute atomic E-state index is 0.0595. The number of sulfonamides is 1. The Hall–Kier alpha value is -2.93. The topological polar surface area (TPSA) is 89.3 Å². The van der Waals surface area contributed by atoms with Crippen LogP contribution >= 0.6 is 0 Å². The van der Waals surface area contributed by atoms with E-state index in [4.69, 9.17) is 0 Å². The van der Waals surface area contributed by atoms with E-state index < -0.39 is 14.9 Å². The van der Waals surface area contributed by atoms with Crippen LogP contribution in [0, 0.1) is 10.1 Å². The van der Waals surface area contributed by atoms with E-state index >= 15 is 0 Å². The van der Waals surface area contributed by atoms with Crippen molar-refractivity contribution >= 4 is 32.2 Å². The van der Waals surface area contributed by atoms with Gasteiger partial charge in [0, 0.05) is 11.5 Å². The van der Waals surface area contributed by atoms with Gasteiger partial charge >= 0.3 is 0 Å². The summed E-state index contributed by atoms with van der Waals surface area (Å²) >= 11 is 0. The molecule has 3 rings (SSSR count). The Labute approximate surface area is 158 Å². The van der Waals surface area contributed by atoms with Gasteiger partial charge in [-0.1, -0.05) is 44.2 Å². The average Bonchev–Trinajstić information content (AvgIpc) is 2.66. The summed E-state index contributed by atoms with van der Waals surface area (Å²) in [5.74, 6) is 0. The maximum Gasteiger partial charge on any atom is 0.277 e. The number of hydrogen-bond donors (Lipinski definition) is 1. The number of anilines is 1. The van der Waals surface area contributed by atoms with E-state index in [0.717, 1.165) is 17.5 Å². The molecule has 0 atom stereocenters. The van der Waals surface area contributed by atoms with Gasteiger partial charge in [-0.25, -0.2) is 8.42 Å². The quantitative estimate of drug-likeness (QED) is 0.494. The Morgan fingerprint density at radius 3 is 2.33 bits per heavy atom. The Kier molecular flexibility index (Phi) is 5.14. The normalized spacial score (nSPS) is 11.5. The van der Waals surface area contributed by atoms with Gasteiger partial charge in [-0.2, -0.15) is 0 Å². The van der Waals surface area contributed by atoms with Gasteiger partial charge in [0.2, 0.25) is 0 Å². The fraction of sp³-hybridized carbons (Fsp3) is 0.200. The number of benzene rings is 3. The van der Waals surface area contributed by atoms with Crippen molar-refractivity contribution in [2.75, 3.05) is 4.72 Å². The van der Waals surface area contributed by atoms with Crippen molar-refractivity contribution in [3.05, 3.63) is 75.8 Å². The number of nitro groups is 1. The van der Waals surface area contributed by atoms with Gasteiger partial charge in [-0.3, -0.25) is 14.8 Å². The van der Waals surface area contributed by atoms with Crippen LogP contribution in [0.15, 0.2) is 59.5 Å². The van der Waals surface area contributed by atoms with E-state index in [9.17, 15) is 18.5 Å². The van der Waals surface area contributed by atoms with Crippen molar-refractivity contribution in [1.82, 2.24) is 0 Å². The number of nitro benzene ring substituents is 1. The van der Waals surface area contributed by atoms with Gasteiger partial charge in [-0.15, -0.1) is 0 Å². The van der Waals surface area contributed by atoms with Crippen LogP contribution < -0.4 is 4.72 Å². The molecule has 0 radical (unpaired) electrons. The predicted molar refractivity (Wildman–Crippen MR) is 107 cm³/mol.